The van der Waals surface area contributed by atoms with Gasteiger partial charge in [-0.25, -0.2) is 9.07 Å². The summed E-state index contributed by atoms with van der Waals surface area (Å²) in [5, 5.41) is 30.9. The van der Waals surface area contributed by atoms with Crippen LogP contribution < -0.4 is 10.6 Å². The van der Waals surface area contributed by atoms with Crippen molar-refractivity contribution in [2.24, 2.45) is 0 Å². The minimum Gasteiger partial charge on any atom is -0.373 e. The van der Waals surface area contributed by atoms with E-state index in [1.807, 2.05) is 6.07 Å². The highest BCUT2D eigenvalue weighted by atomic mass is 19.4. The van der Waals surface area contributed by atoms with E-state index < -0.39 is 30.0 Å². The number of carbonyl (C=O) groups excluding carboxylic acids is 1. The van der Waals surface area contributed by atoms with Crippen LogP contribution in [0.15, 0.2) is 61.1 Å². The standard InChI is InChI=1S/C25H25F4N9O2/c26-17(4-5-18-6-7-22(36-34-18)33-23(39)12-19-3-1-2-9-30-19)14-38-15-21(35-37-38)24(40)32-13-20-11-16(8-10-31-20)25(27,28)29/h1-3,6-11,15,17,23,39H,4-5,12-14H2,(H,32,40)(H,33,36). The van der Waals surface area contributed by atoms with Gasteiger partial charge in [-0.3, -0.25) is 14.8 Å². The molecule has 4 rings (SSSR count). The van der Waals surface area contributed by atoms with Crippen LogP contribution in [0.1, 0.15) is 39.6 Å². The molecule has 0 aromatic carbocycles. The number of alkyl halides is 4. The highest BCUT2D eigenvalue weighted by Gasteiger charge is 2.30. The number of hydrogen-bond donors (Lipinski definition) is 3. The molecule has 2 atom stereocenters. The van der Waals surface area contributed by atoms with Crippen molar-refractivity contribution in [1.29, 1.82) is 0 Å². The SMILES string of the molecule is O=C(NCc1cc(C(F)(F)F)ccn1)c1cn(CC(F)CCc2ccc(NC(O)Cc3ccccn3)nn2)nn1. The number of nitrogens with zero attached hydrogens (tertiary/aromatic N) is 7. The van der Waals surface area contributed by atoms with E-state index in [-0.39, 0.29) is 43.7 Å². The van der Waals surface area contributed by atoms with E-state index in [1.165, 1.54) is 10.9 Å². The van der Waals surface area contributed by atoms with E-state index in [9.17, 15) is 27.5 Å². The molecule has 0 bridgehead atoms. The number of aliphatic hydroxyl groups is 1. The Balaban J connectivity index is 1.20. The largest absolute Gasteiger partial charge is 0.416 e. The van der Waals surface area contributed by atoms with Crippen molar-refractivity contribution in [3.8, 4) is 0 Å². The molecule has 0 saturated heterocycles. The maximum atomic E-state index is 14.6. The van der Waals surface area contributed by atoms with Gasteiger partial charge in [-0.2, -0.15) is 18.3 Å². The second-order valence-electron chi connectivity index (χ2n) is 8.77. The topological polar surface area (TPSA) is 144 Å². The van der Waals surface area contributed by atoms with Gasteiger partial charge in [-0.1, -0.05) is 11.3 Å². The zero-order chi connectivity index (χ0) is 28.5. The van der Waals surface area contributed by atoms with Gasteiger partial charge in [-0.15, -0.1) is 10.2 Å². The average molecular weight is 560 g/mol. The molecule has 0 aliphatic heterocycles. The number of rotatable bonds is 12. The van der Waals surface area contributed by atoms with E-state index in [2.05, 4.69) is 41.1 Å². The first kappa shape index (κ1) is 28.5. The first-order chi connectivity index (χ1) is 19.2. The maximum Gasteiger partial charge on any atom is 0.416 e. The van der Waals surface area contributed by atoms with Crippen LogP contribution in [0.2, 0.25) is 0 Å². The van der Waals surface area contributed by atoms with E-state index in [1.54, 1.807) is 30.5 Å². The first-order valence-corrected chi connectivity index (χ1v) is 12.2. The Morgan fingerprint density at radius 2 is 1.82 bits per heavy atom. The van der Waals surface area contributed by atoms with Gasteiger partial charge >= 0.3 is 6.18 Å². The third-order valence-corrected chi connectivity index (χ3v) is 5.61. The van der Waals surface area contributed by atoms with Crippen LogP contribution in [0.4, 0.5) is 23.4 Å². The van der Waals surface area contributed by atoms with Crippen LogP contribution in [0.5, 0.6) is 0 Å². The fourth-order valence-electron chi connectivity index (χ4n) is 3.61. The number of pyridine rings is 2. The van der Waals surface area contributed by atoms with Crippen LogP contribution >= 0.6 is 0 Å². The number of carbonyl (C=O) groups is 1. The number of aliphatic hydroxyl groups excluding tert-OH is 1. The Bertz CT molecular complexity index is 1390. The molecule has 1 amide bonds. The van der Waals surface area contributed by atoms with E-state index in [0.29, 0.717) is 17.2 Å². The zero-order valence-electron chi connectivity index (χ0n) is 21.0. The van der Waals surface area contributed by atoms with Crippen LogP contribution in [0.25, 0.3) is 0 Å². The smallest absolute Gasteiger partial charge is 0.373 e. The molecule has 0 fully saturated rings. The van der Waals surface area contributed by atoms with E-state index >= 15 is 0 Å². The van der Waals surface area contributed by atoms with Gasteiger partial charge < -0.3 is 15.7 Å². The number of amides is 1. The lowest BCUT2D eigenvalue weighted by atomic mass is 10.1. The number of halogens is 4. The number of anilines is 1. The Hall–Kier alpha value is -4.53. The first-order valence-electron chi connectivity index (χ1n) is 12.2. The monoisotopic (exact) mass is 559 g/mol. The van der Waals surface area contributed by atoms with Crippen molar-refractivity contribution < 1.29 is 27.5 Å². The van der Waals surface area contributed by atoms with Crippen LogP contribution in [-0.4, -0.2) is 58.6 Å². The Kier molecular flexibility index (Phi) is 9.27. The summed E-state index contributed by atoms with van der Waals surface area (Å²) in [7, 11) is 0. The third kappa shape index (κ3) is 8.49. The third-order valence-electron chi connectivity index (χ3n) is 5.61. The molecule has 0 saturated carbocycles. The highest BCUT2D eigenvalue weighted by molar-refractivity contribution is 5.91. The minimum absolute atomic E-state index is 0.0203. The molecule has 40 heavy (non-hydrogen) atoms. The molecular weight excluding hydrogens is 534 g/mol. The van der Waals surface area contributed by atoms with E-state index in [4.69, 9.17) is 0 Å². The van der Waals surface area contributed by atoms with Gasteiger partial charge in [0.25, 0.3) is 5.91 Å². The van der Waals surface area contributed by atoms with E-state index in [0.717, 1.165) is 18.3 Å². The molecule has 2 unspecified atom stereocenters. The van der Waals surface area contributed by atoms with Crippen LogP contribution in [0, 0.1) is 0 Å². The number of nitrogens with one attached hydrogen (secondary N) is 2. The molecule has 0 aliphatic carbocycles. The molecule has 0 radical (unpaired) electrons. The molecule has 4 aromatic heterocycles. The number of aromatic nitrogens is 7. The van der Waals surface area contributed by atoms with Crippen molar-refractivity contribution in [1.82, 2.24) is 40.5 Å². The Labute approximate surface area is 225 Å². The summed E-state index contributed by atoms with van der Waals surface area (Å²) < 4.78 is 54.2. The summed E-state index contributed by atoms with van der Waals surface area (Å²) in [6, 6.07) is 10.4. The van der Waals surface area contributed by atoms with Gasteiger partial charge in [0, 0.05) is 24.5 Å². The summed E-state index contributed by atoms with van der Waals surface area (Å²) in [6.07, 6.45) is -2.18. The fraction of sp³-hybridized carbons (Fsp3) is 0.320. The number of aryl methyl sites for hydroxylation is 1. The second kappa shape index (κ2) is 13.0. The average Bonchev–Trinajstić information content (AvgIpc) is 3.40. The fourth-order valence-corrected chi connectivity index (χ4v) is 3.61. The molecule has 4 heterocycles. The molecule has 3 N–H and O–H groups in total. The molecule has 0 spiro atoms. The molecule has 0 aliphatic rings. The van der Waals surface area contributed by atoms with Crippen molar-refractivity contribution in [3.05, 3.63) is 89.4 Å². The van der Waals surface area contributed by atoms with Gasteiger partial charge in [0.1, 0.15) is 12.4 Å². The summed E-state index contributed by atoms with van der Waals surface area (Å²) in [4.78, 5) is 20.2. The lowest BCUT2D eigenvalue weighted by Crippen LogP contribution is -2.24. The van der Waals surface area contributed by atoms with Crippen molar-refractivity contribution in [3.63, 3.8) is 0 Å². The van der Waals surface area contributed by atoms with Crippen molar-refractivity contribution in [2.45, 2.75) is 50.9 Å². The lowest BCUT2D eigenvalue weighted by molar-refractivity contribution is -0.137. The number of hydrogen-bond acceptors (Lipinski definition) is 9. The van der Waals surface area contributed by atoms with Crippen molar-refractivity contribution in [2.75, 3.05) is 5.32 Å². The maximum absolute atomic E-state index is 14.6. The van der Waals surface area contributed by atoms with Crippen LogP contribution in [0.3, 0.4) is 0 Å². The molecular formula is C25H25F4N9O2. The van der Waals surface area contributed by atoms with Gasteiger partial charge in [0.05, 0.1) is 36.2 Å². The summed E-state index contributed by atoms with van der Waals surface area (Å²) in [6.45, 7) is -0.415. The zero-order valence-corrected chi connectivity index (χ0v) is 21.0. The predicted molar refractivity (Wildman–Crippen MR) is 133 cm³/mol. The van der Waals surface area contributed by atoms with Crippen LogP contribution in [-0.2, 0) is 32.1 Å². The molecule has 4 aromatic rings. The Morgan fingerprint density at radius 3 is 2.55 bits per heavy atom. The molecule has 11 nitrogen and oxygen atoms in total. The highest BCUT2D eigenvalue weighted by Crippen LogP contribution is 2.29. The predicted octanol–water partition coefficient (Wildman–Crippen LogP) is 2.75. The summed E-state index contributed by atoms with van der Waals surface area (Å²) in [5.41, 5.74) is 0.300. The quantitative estimate of drug-likeness (QED) is 0.176. The van der Waals surface area contributed by atoms with Gasteiger partial charge in [0.2, 0.25) is 0 Å². The minimum atomic E-state index is -4.52. The summed E-state index contributed by atoms with van der Waals surface area (Å²) >= 11 is 0. The lowest BCUT2D eigenvalue weighted by Gasteiger charge is -2.13. The van der Waals surface area contributed by atoms with Gasteiger partial charge in [0.15, 0.2) is 11.5 Å². The van der Waals surface area contributed by atoms with Crippen molar-refractivity contribution >= 4 is 11.7 Å². The Morgan fingerprint density at radius 1 is 1.00 bits per heavy atom. The summed E-state index contributed by atoms with van der Waals surface area (Å²) in [5.74, 6) is -0.323. The molecule has 210 valence electrons. The van der Waals surface area contributed by atoms with Gasteiger partial charge in [-0.05, 0) is 49.2 Å². The second-order valence-corrected chi connectivity index (χ2v) is 8.77. The normalized spacial score (nSPS) is 13.0. The molecule has 15 heteroatoms.